The summed E-state index contributed by atoms with van der Waals surface area (Å²) >= 11 is 0. The number of ether oxygens (including phenoxy) is 3. The van der Waals surface area contributed by atoms with Gasteiger partial charge in [0.05, 0.1) is 26.4 Å². The van der Waals surface area contributed by atoms with Gasteiger partial charge in [0.15, 0.2) is 0 Å². The van der Waals surface area contributed by atoms with Crippen molar-refractivity contribution in [3.63, 3.8) is 0 Å². The molecule has 0 unspecified atom stereocenters. The molecule has 0 atom stereocenters. The predicted molar refractivity (Wildman–Crippen MR) is 128 cm³/mol. The highest BCUT2D eigenvalue weighted by molar-refractivity contribution is 5.94. The van der Waals surface area contributed by atoms with Crippen molar-refractivity contribution in [2.75, 3.05) is 65.8 Å². The van der Waals surface area contributed by atoms with Crippen LogP contribution in [0.5, 0.6) is 5.75 Å². The zero-order valence-corrected chi connectivity index (χ0v) is 19.3. The molecule has 2 aliphatic rings. The first-order valence-corrected chi connectivity index (χ1v) is 12.0. The highest BCUT2D eigenvalue weighted by Gasteiger charge is 2.13. The summed E-state index contributed by atoms with van der Waals surface area (Å²) in [6, 6.07) is 14.3. The smallest absolute Gasteiger partial charge is 0.251 e. The van der Waals surface area contributed by atoms with E-state index in [1.54, 1.807) is 0 Å². The number of nitrogens with zero attached hydrogens (tertiary/aromatic N) is 1. The number of rotatable bonds is 5. The van der Waals surface area contributed by atoms with E-state index in [1.807, 2.05) is 18.2 Å². The van der Waals surface area contributed by atoms with E-state index in [0.29, 0.717) is 38.3 Å². The zero-order valence-electron chi connectivity index (χ0n) is 19.3. The first-order valence-electron chi connectivity index (χ1n) is 12.0. The number of fused-ring (bicyclic) bond motifs is 3. The summed E-state index contributed by atoms with van der Waals surface area (Å²) in [5.74, 6) is 0.767. The number of carbonyl (C=O) groups is 1. The molecule has 0 radical (unpaired) electrons. The molecule has 0 aliphatic carbocycles. The third-order valence-electron chi connectivity index (χ3n) is 5.99. The van der Waals surface area contributed by atoms with Crippen molar-refractivity contribution in [1.29, 1.82) is 0 Å². The quantitative estimate of drug-likeness (QED) is 0.677. The molecule has 1 amide bonds. The highest BCUT2D eigenvalue weighted by atomic mass is 16.5. The summed E-state index contributed by atoms with van der Waals surface area (Å²) in [7, 11) is 0. The fourth-order valence-corrected chi connectivity index (χ4v) is 4.19. The molecule has 2 heterocycles. The van der Waals surface area contributed by atoms with Crippen molar-refractivity contribution in [2.24, 2.45) is 0 Å². The maximum atomic E-state index is 12.8. The van der Waals surface area contributed by atoms with Crippen molar-refractivity contribution in [1.82, 2.24) is 15.5 Å². The van der Waals surface area contributed by atoms with Crippen LogP contribution in [-0.4, -0.2) is 76.6 Å². The van der Waals surface area contributed by atoms with Gasteiger partial charge in [-0.25, -0.2) is 0 Å². The lowest BCUT2D eigenvalue weighted by molar-refractivity contribution is 0.0374. The van der Waals surface area contributed by atoms with Crippen molar-refractivity contribution in [2.45, 2.75) is 19.4 Å². The Morgan fingerprint density at radius 3 is 2.73 bits per heavy atom. The van der Waals surface area contributed by atoms with E-state index in [-0.39, 0.29) is 5.91 Å². The summed E-state index contributed by atoms with van der Waals surface area (Å²) in [4.78, 5) is 15.2. The average molecular weight is 454 g/mol. The van der Waals surface area contributed by atoms with Gasteiger partial charge in [0, 0.05) is 44.7 Å². The lowest BCUT2D eigenvalue weighted by atomic mass is 9.99. The van der Waals surface area contributed by atoms with Crippen LogP contribution in [0.3, 0.4) is 0 Å². The zero-order chi connectivity index (χ0) is 22.7. The minimum Gasteiger partial charge on any atom is -0.491 e. The molecule has 4 rings (SSSR count). The Morgan fingerprint density at radius 2 is 1.82 bits per heavy atom. The molecule has 2 N–H and O–H groups in total. The fraction of sp³-hybridized carbons (Fsp3) is 0.500. The lowest BCUT2D eigenvalue weighted by Gasteiger charge is -2.26. The molecule has 2 aromatic carbocycles. The van der Waals surface area contributed by atoms with Crippen LogP contribution in [0.1, 0.15) is 33.5 Å². The van der Waals surface area contributed by atoms with Crippen LogP contribution in [0.25, 0.3) is 0 Å². The number of carbonyl (C=O) groups excluding carboxylic acids is 1. The second-order valence-electron chi connectivity index (χ2n) is 8.52. The molecule has 0 aromatic heterocycles. The van der Waals surface area contributed by atoms with E-state index < -0.39 is 0 Å². The Labute approximate surface area is 196 Å². The van der Waals surface area contributed by atoms with Crippen molar-refractivity contribution >= 4 is 5.91 Å². The standard InChI is InChI=1S/C26H35N3O4/c30-26(28-7-2-9-29-10-13-32-14-11-29)23-5-6-25-24(19-23)18-21-3-1-4-22(17-21)20-27-8-12-31-15-16-33-25/h1,3-6,17,19,27H,2,7-16,18,20H2,(H,28,30). The second-order valence-corrected chi connectivity index (χ2v) is 8.52. The molecule has 0 saturated carbocycles. The molecule has 1 fully saturated rings. The monoisotopic (exact) mass is 453 g/mol. The van der Waals surface area contributed by atoms with Gasteiger partial charge in [-0.3, -0.25) is 9.69 Å². The van der Waals surface area contributed by atoms with Crippen molar-refractivity contribution in [3.05, 3.63) is 64.7 Å². The van der Waals surface area contributed by atoms with E-state index in [0.717, 1.165) is 63.7 Å². The van der Waals surface area contributed by atoms with Crippen LogP contribution in [0.4, 0.5) is 0 Å². The lowest BCUT2D eigenvalue weighted by Crippen LogP contribution is -2.38. The number of hydrogen-bond acceptors (Lipinski definition) is 6. The third kappa shape index (κ3) is 7.54. The normalized spacial score (nSPS) is 17.9. The fourth-order valence-electron chi connectivity index (χ4n) is 4.19. The van der Waals surface area contributed by atoms with Crippen LogP contribution in [0, 0.1) is 0 Å². The number of nitrogens with one attached hydrogen (secondary N) is 2. The summed E-state index contributed by atoms with van der Waals surface area (Å²) in [6.45, 7) is 8.50. The van der Waals surface area contributed by atoms with E-state index in [1.165, 1.54) is 11.1 Å². The molecule has 7 nitrogen and oxygen atoms in total. The van der Waals surface area contributed by atoms with Crippen LogP contribution in [0.15, 0.2) is 42.5 Å². The van der Waals surface area contributed by atoms with Gasteiger partial charge in [-0.15, -0.1) is 0 Å². The number of hydrogen-bond donors (Lipinski definition) is 2. The van der Waals surface area contributed by atoms with Gasteiger partial charge in [0.1, 0.15) is 12.4 Å². The Kier molecular flexibility index (Phi) is 9.12. The summed E-state index contributed by atoms with van der Waals surface area (Å²) in [6.07, 6.45) is 1.64. The van der Waals surface area contributed by atoms with Gasteiger partial charge in [-0.2, -0.15) is 0 Å². The van der Waals surface area contributed by atoms with Crippen LogP contribution >= 0.6 is 0 Å². The molecule has 33 heavy (non-hydrogen) atoms. The molecule has 2 aliphatic heterocycles. The Balaban J connectivity index is 1.40. The molecule has 2 bridgehead atoms. The van der Waals surface area contributed by atoms with Gasteiger partial charge in [-0.05, 0) is 47.9 Å². The van der Waals surface area contributed by atoms with Crippen molar-refractivity contribution < 1.29 is 19.0 Å². The van der Waals surface area contributed by atoms with Crippen LogP contribution in [-0.2, 0) is 22.4 Å². The molecular weight excluding hydrogens is 418 g/mol. The number of benzene rings is 2. The third-order valence-corrected chi connectivity index (χ3v) is 5.99. The molecular formula is C26H35N3O4. The summed E-state index contributed by atoms with van der Waals surface area (Å²) in [5, 5.41) is 6.48. The van der Waals surface area contributed by atoms with Gasteiger partial charge < -0.3 is 24.8 Å². The Hall–Kier alpha value is -2.45. The van der Waals surface area contributed by atoms with Gasteiger partial charge in [0.2, 0.25) is 0 Å². The van der Waals surface area contributed by atoms with Crippen LogP contribution < -0.4 is 15.4 Å². The second kappa shape index (κ2) is 12.7. The minimum atomic E-state index is -0.0412. The first kappa shape index (κ1) is 23.7. The average Bonchev–Trinajstić information content (AvgIpc) is 2.84. The molecule has 178 valence electrons. The van der Waals surface area contributed by atoms with Gasteiger partial charge >= 0.3 is 0 Å². The van der Waals surface area contributed by atoms with E-state index in [4.69, 9.17) is 14.2 Å². The van der Waals surface area contributed by atoms with Crippen LogP contribution in [0.2, 0.25) is 0 Å². The minimum absolute atomic E-state index is 0.0412. The molecule has 1 saturated heterocycles. The highest BCUT2D eigenvalue weighted by Crippen LogP contribution is 2.24. The maximum Gasteiger partial charge on any atom is 0.251 e. The topological polar surface area (TPSA) is 72.1 Å². The predicted octanol–water partition coefficient (Wildman–Crippen LogP) is 2.23. The van der Waals surface area contributed by atoms with Gasteiger partial charge in [-0.1, -0.05) is 24.3 Å². The Bertz CT molecular complexity index is 899. The molecule has 0 spiro atoms. The first-order chi connectivity index (χ1) is 16.3. The SMILES string of the molecule is O=C(NCCCN1CCOCC1)c1ccc2c(c1)Cc1cccc(c1)CNCCOCCO2. The number of morpholine rings is 1. The summed E-state index contributed by atoms with van der Waals surface area (Å²) in [5.41, 5.74) is 4.12. The Morgan fingerprint density at radius 1 is 0.970 bits per heavy atom. The van der Waals surface area contributed by atoms with E-state index in [2.05, 4.69) is 39.8 Å². The largest absolute Gasteiger partial charge is 0.491 e. The summed E-state index contributed by atoms with van der Waals surface area (Å²) < 4.78 is 17.0. The van der Waals surface area contributed by atoms with E-state index >= 15 is 0 Å². The van der Waals surface area contributed by atoms with Gasteiger partial charge in [0.25, 0.3) is 5.91 Å². The van der Waals surface area contributed by atoms with E-state index in [9.17, 15) is 4.79 Å². The van der Waals surface area contributed by atoms with Crippen molar-refractivity contribution in [3.8, 4) is 5.75 Å². The molecule has 7 heteroatoms. The maximum absolute atomic E-state index is 12.8. The molecule has 2 aromatic rings. The number of amides is 1.